The van der Waals surface area contributed by atoms with Gasteiger partial charge in [-0.05, 0) is 31.4 Å². The predicted octanol–water partition coefficient (Wildman–Crippen LogP) is 2.83. The summed E-state index contributed by atoms with van der Waals surface area (Å²) in [6.07, 6.45) is 4.56. The summed E-state index contributed by atoms with van der Waals surface area (Å²) >= 11 is 0. The van der Waals surface area contributed by atoms with Crippen molar-refractivity contribution < 1.29 is 14.3 Å². The first kappa shape index (κ1) is 13.1. The quantitative estimate of drug-likeness (QED) is 0.873. The second-order valence-electron chi connectivity index (χ2n) is 5.39. The van der Waals surface area contributed by atoms with Crippen LogP contribution in [0, 0.1) is 6.92 Å². The molecule has 1 fully saturated rings. The second-order valence-corrected chi connectivity index (χ2v) is 5.39. The SMILES string of the molecule is Cc1cc2c(cc1NC(=O)NC1CCCC1)OCCO2. The number of hydrogen-bond donors (Lipinski definition) is 2. The van der Waals surface area contributed by atoms with Crippen LogP contribution < -0.4 is 20.1 Å². The molecule has 0 aromatic heterocycles. The average Bonchev–Trinajstić information content (AvgIpc) is 2.92. The molecule has 0 radical (unpaired) electrons. The lowest BCUT2D eigenvalue weighted by molar-refractivity contribution is 0.171. The van der Waals surface area contributed by atoms with Gasteiger partial charge in [0.1, 0.15) is 13.2 Å². The molecule has 0 unspecified atom stereocenters. The standard InChI is InChI=1S/C15H20N2O3/c1-10-8-13-14(20-7-6-19-13)9-12(10)17-15(18)16-11-4-2-3-5-11/h8-9,11H,2-7H2,1H3,(H2,16,17,18). The molecule has 5 heteroatoms. The molecule has 108 valence electrons. The van der Waals surface area contributed by atoms with E-state index >= 15 is 0 Å². The number of rotatable bonds is 2. The fourth-order valence-electron chi connectivity index (χ4n) is 2.74. The molecule has 1 heterocycles. The Morgan fingerprint density at radius 2 is 1.80 bits per heavy atom. The van der Waals surface area contributed by atoms with Crippen LogP contribution in [-0.2, 0) is 0 Å². The molecule has 0 atom stereocenters. The Labute approximate surface area is 118 Å². The maximum atomic E-state index is 12.0. The maximum Gasteiger partial charge on any atom is 0.319 e. The maximum absolute atomic E-state index is 12.0. The highest BCUT2D eigenvalue weighted by Gasteiger charge is 2.19. The number of benzene rings is 1. The summed E-state index contributed by atoms with van der Waals surface area (Å²) in [6, 6.07) is 3.90. The zero-order valence-electron chi connectivity index (χ0n) is 11.7. The summed E-state index contributed by atoms with van der Waals surface area (Å²) in [5.41, 5.74) is 1.74. The number of ether oxygens (including phenoxy) is 2. The molecule has 5 nitrogen and oxygen atoms in total. The summed E-state index contributed by atoms with van der Waals surface area (Å²) in [5.74, 6) is 1.44. The molecule has 0 spiro atoms. The molecule has 2 N–H and O–H groups in total. The Hall–Kier alpha value is -1.91. The monoisotopic (exact) mass is 276 g/mol. The van der Waals surface area contributed by atoms with Crippen LogP contribution in [0.5, 0.6) is 11.5 Å². The van der Waals surface area contributed by atoms with Crippen LogP contribution in [0.2, 0.25) is 0 Å². The fraction of sp³-hybridized carbons (Fsp3) is 0.533. The van der Waals surface area contributed by atoms with Gasteiger partial charge in [-0.25, -0.2) is 4.79 Å². The molecule has 1 aromatic rings. The predicted molar refractivity (Wildman–Crippen MR) is 76.6 cm³/mol. The van der Waals surface area contributed by atoms with Gasteiger partial charge in [-0.1, -0.05) is 12.8 Å². The minimum Gasteiger partial charge on any atom is -0.486 e. The first-order valence-electron chi connectivity index (χ1n) is 7.20. The molecule has 1 saturated carbocycles. The molecule has 1 aromatic carbocycles. The van der Waals surface area contributed by atoms with Gasteiger partial charge in [0.2, 0.25) is 0 Å². The lowest BCUT2D eigenvalue weighted by atomic mass is 10.1. The lowest BCUT2D eigenvalue weighted by Crippen LogP contribution is -2.36. The zero-order chi connectivity index (χ0) is 13.9. The minimum absolute atomic E-state index is 0.142. The van der Waals surface area contributed by atoms with E-state index in [1.54, 1.807) is 0 Å². The molecule has 2 aliphatic rings. The zero-order valence-corrected chi connectivity index (χ0v) is 11.7. The van der Waals surface area contributed by atoms with Crippen molar-refractivity contribution in [2.75, 3.05) is 18.5 Å². The topological polar surface area (TPSA) is 59.6 Å². The molecule has 3 rings (SSSR count). The van der Waals surface area contributed by atoms with Crippen LogP contribution in [0.25, 0.3) is 0 Å². The van der Waals surface area contributed by atoms with Crippen molar-refractivity contribution in [3.05, 3.63) is 17.7 Å². The van der Waals surface area contributed by atoms with Crippen LogP contribution in [0.3, 0.4) is 0 Å². The largest absolute Gasteiger partial charge is 0.486 e. The number of carbonyl (C=O) groups is 1. The number of urea groups is 1. The average molecular weight is 276 g/mol. The van der Waals surface area contributed by atoms with E-state index < -0.39 is 0 Å². The van der Waals surface area contributed by atoms with Crippen molar-refractivity contribution in [2.45, 2.75) is 38.6 Å². The molecule has 0 saturated heterocycles. The number of anilines is 1. The molecule has 1 aliphatic heterocycles. The Balaban J connectivity index is 1.68. The molecule has 1 aliphatic carbocycles. The van der Waals surface area contributed by atoms with E-state index in [4.69, 9.17) is 9.47 Å². The van der Waals surface area contributed by atoms with Gasteiger partial charge < -0.3 is 20.1 Å². The van der Waals surface area contributed by atoms with E-state index in [0.717, 1.165) is 29.8 Å². The summed E-state index contributed by atoms with van der Waals surface area (Å²) in [5, 5.41) is 5.91. The highest BCUT2D eigenvalue weighted by molar-refractivity contribution is 5.90. The highest BCUT2D eigenvalue weighted by Crippen LogP contribution is 2.35. The van der Waals surface area contributed by atoms with Crippen molar-refractivity contribution in [2.24, 2.45) is 0 Å². The molecule has 2 amide bonds. The summed E-state index contributed by atoms with van der Waals surface area (Å²) in [7, 11) is 0. The fourth-order valence-corrected chi connectivity index (χ4v) is 2.74. The van der Waals surface area contributed by atoms with Crippen molar-refractivity contribution in [1.29, 1.82) is 0 Å². The van der Waals surface area contributed by atoms with Crippen molar-refractivity contribution in [3.63, 3.8) is 0 Å². The number of aryl methyl sites for hydroxylation is 1. The summed E-state index contributed by atoms with van der Waals surface area (Å²) in [4.78, 5) is 12.0. The Bertz CT molecular complexity index is 510. The number of nitrogens with one attached hydrogen (secondary N) is 2. The highest BCUT2D eigenvalue weighted by atomic mass is 16.6. The van der Waals surface area contributed by atoms with Crippen LogP contribution in [0.1, 0.15) is 31.2 Å². The van der Waals surface area contributed by atoms with Crippen molar-refractivity contribution in [3.8, 4) is 11.5 Å². The number of fused-ring (bicyclic) bond motifs is 1. The van der Waals surface area contributed by atoms with Crippen molar-refractivity contribution >= 4 is 11.7 Å². The first-order chi connectivity index (χ1) is 9.72. The number of hydrogen-bond acceptors (Lipinski definition) is 3. The van der Waals surface area contributed by atoms with Crippen LogP contribution in [0.15, 0.2) is 12.1 Å². The Morgan fingerprint density at radius 1 is 1.15 bits per heavy atom. The minimum atomic E-state index is -0.142. The summed E-state index contributed by atoms with van der Waals surface area (Å²) in [6.45, 7) is 3.06. The number of amides is 2. The summed E-state index contributed by atoms with van der Waals surface area (Å²) < 4.78 is 11.1. The van der Waals surface area contributed by atoms with Crippen LogP contribution in [0.4, 0.5) is 10.5 Å². The van der Waals surface area contributed by atoms with Gasteiger partial charge in [-0.3, -0.25) is 0 Å². The lowest BCUT2D eigenvalue weighted by Gasteiger charge is -2.21. The number of carbonyl (C=O) groups excluding carboxylic acids is 1. The van der Waals surface area contributed by atoms with E-state index in [2.05, 4.69) is 10.6 Å². The van der Waals surface area contributed by atoms with Gasteiger partial charge in [0.25, 0.3) is 0 Å². The van der Waals surface area contributed by atoms with Gasteiger partial charge in [0.05, 0.1) is 0 Å². The van der Waals surface area contributed by atoms with Gasteiger partial charge in [-0.2, -0.15) is 0 Å². The van der Waals surface area contributed by atoms with Crippen LogP contribution in [-0.4, -0.2) is 25.3 Å². The van der Waals surface area contributed by atoms with Crippen molar-refractivity contribution in [1.82, 2.24) is 5.32 Å². The third-order valence-electron chi connectivity index (χ3n) is 3.83. The molecule has 0 bridgehead atoms. The van der Waals surface area contributed by atoms with E-state index in [9.17, 15) is 4.79 Å². The van der Waals surface area contributed by atoms with E-state index in [1.165, 1.54) is 12.8 Å². The molecular formula is C15H20N2O3. The van der Waals surface area contributed by atoms with E-state index in [-0.39, 0.29) is 6.03 Å². The Morgan fingerprint density at radius 3 is 2.50 bits per heavy atom. The third-order valence-corrected chi connectivity index (χ3v) is 3.83. The second kappa shape index (κ2) is 5.61. The van der Waals surface area contributed by atoms with Gasteiger partial charge in [-0.15, -0.1) is 0 Å². The van der Waals surface area contributed by atoms with E-state index in [0.29, 0.717) is 25.0 Å². The molecular weight excluding hydrogens is 256 g/mol. The van der Waals surface area contributed by atoms with E-state index in [1.807, 2.05) is 19.1 Å². The smallest absolute Gasteiger partial charge is 0.319 e. The first-order valence-corrected chi connectivity index (χ1v) is 7.20. The normalized spacial score (nSPS) is 17.9. The molecule has 20 heavy (non-hydrogen) atoms. The Kier molecular flexibility index (Phi) is 3.67. The van der Waals surface area contributed by atoms with Crippen LogP contribution >= 0.6 is 0 Å². The third kappa shape index (κ3) is 2.81. The van der Waals surface area contributed by atoms with Gasteiger partial charge >= 0.3 is 6.03 Å². The van der Waals surface area contributed by atoms with Gasteiger partial charge in [0, 0.05) is 17.8 Å². The van der Waals surface area contributed by atoms with Gasteiger partial charge in [0.15, 0.2) is 11.5 Å².